The van der Waals surface area contributed by atoms with Gasteiger partial charge in [0.05, 0.1) is 17.1 Å². The number of nitrogens with one attached hydrogen (secondary N) is 1. The van der Waals surface area contributed by atoms with Crippen molar-refractivity contribution in [1.29, 1.82) is 0 Å². The van der Waals surface area contributed by atoms with E-state index in [1.165, 1.54) is 0 Å². The Balaban J connectivity index is 1.97. The predicted molar refractivity (Wildman–Crippen MR) is 92.4 cm³/mol. The Morgan fingerprint density at radius 3 is 2.86 bits per heavy atom. The highest BCUT2D eigenvalue weighted by Gasteiger charge is 2.11. The van der Waals surface area contributed by atoms with E-state index < -0.39 is 0 Å². The van der Waals surface area contributed by atoms with E-state index in [9.17, 15) is 4.79 Å². The Bertz CT molecular complexity index is 622. The summed E-state index contributed by atoms with van der Waals surface area (Å²) in [6, 6.07) is 7.93. The topological polar surface area (TPSA) is 68.0 Å². The number of rotatable bonds is 7. The summed E-state index contributed by atoms with van der Waals surface area (Å²) < 4.78 is 0. The second-order valence-electron chi connectivity index (χ2n) is 5.59. The Hall–Kier alpha value is -1.72. The van der Waals surface area contributed by atoms with Crippen molar-refractivity contribution in [2.75, 3.05) is 11.9 Å². The number of anilines is 1. The molecule has 0 saturated heterocycles. The van der Waals surface area contributed by atoms with Crippen LogP contribution in [0.2, 0.25) is 0 Å². The van der Waals surface area contributed by atoms with E-state index in [0.29, 0.717) is 18.9 Å². The van der Waals surface area contributed by atoms with Gasteiger partial charge in [0.25, 0.3) is 0 Å². The summed E-state index contributed by atoms with van der Waals surface area (Å²) in [6.07, 6.45) is 2.13. The lowest BCUT2D eigenvalue weighted by Gasteiger charge is -2.13. The number of amides is 1. The molecule has 0 radical (unpaired) electrons. The summed E-state index contributed by atoms with van der Waals surface area (Å²) in [5.74, 6) is 0.349. The number of benzene rings is 1. The number of aryl methyl sites for hydroxylation is 1. The summed E-state index contributed by atoms with van der Waals surface area (Å²) in [5.41, 5.74) is 8.37. The Morgan fingerprint density at radius 1 is 1.36 bits per heavy atom. The van der Waals surface area contributed by atoms with Gasteiger partial charge >= 0.3 is 0 Å². The number of hydrogen-bond donors (Lipinski definition) is 2. The van der Waals surface area contributed by atoms with Crippen molar-refractivity contribution >= 4 is 22.9 Å². The molecule has 22 heavy (non-hydrogen) atoms. The number of thiazole rings is 1. The van der Waals surface area contributed by atoms with Crippen LogP contribution in [0, 0.1) is 0 Å². The third-order valence-electron chi connectivity index (χ3n) is 3.39. The average Bonchev–Trinajstić information content (AvgIpc) is 2.92. The molecule has 0 spiro atoms. The summed E-state index contributed by atoms with van der Waals surface area (Å²) in [5, 5.41) is 6.01. The Morgan fingerprint density at radius 2 is 2.14 bits per heavy atom. The van der Waals surface area contributed by atoms with Crippen LogP contribution in [0.15, 0.2) is 29.6 Å². The van der Waals surface area contributed by atoms with Gasteiger partial charge in [0.15, 0.2) is 0 Å². The Labute approximate surface area is 135 Å². The zero-order chi connectivity index (χ0) is 15.9. The van der Waals surface area contributed by atoms with Crippen LogP contribution in [-0.2, 0) is 17.6 Å². The molecule has 0 fully saturated rings. The SMILES string of the molecule is CC(C)c1ccccc1NC(=O)Cc1csc(CCCN)n1. The van der Waals surface area contributed by atoms with E-state index >= 15 is 0 Å². The van der Waals surface area contributed by atoms with Crippen LogP contribution < -0.4 is 11.1 Å². The van der Waals surface area contributed by atoms with Gasteiger partial charge < -0.3 is 11.1 Å². The minimum Gasteiger partial charge on any atom is -0.330 e. The van der Waals surface area contributed by atoms with Crippen molar-refractivity contribution < 1.29 is 4.79 Å². The number of nitrogens with zero attached hydrogens (tertiary/aromatic N) is 1. The first kappa shape index (κ1) is 16.6. The zero-order valence-electron chi connectivity index (χ0n) is 13.1. The number of nitrogens with two attached hydrogens (primary N) is 1. The molecule has 0 unspecified atom stereocenters. The third kappa shape index (κ3) is 4.64. The predicted octanol–water partition coefficient (Wildman–Crippen LogP) is 3.34. The summed E-state index contributed by atoms with van der Waals surface area (Å²) in [4.78, 5) is 16.7. The summed E-state index contributed by atoms with van der Waals surface area (Å²) >= 11 is 1.60. The normalized spacial score (nSPS) is 10.9. The first-order valence-electron chi connectivity index (χ1n) is 7.62. The second-order valence-corrected chi connectivity index (χ2v) is 6.53. The van der Waals surface area contributed by atoms with Crippen molar-refractivity contribution in [3.8, 4) is 0 Å². The molecule has 4 nitrogen and oxygen atoms in total. The monoisotopic (exact) mass is 317 g/mol. The van der Waals surface area contributed by atoms with Crippen LogP contribution in [0.1, 0.15) is 42.5 Å². The van der Waals surface area contributed by atoms with E-state index in [2.05, 4.69) is 24.1 Å². The van der Waals surface area contributed by atoms with Gasteiger partial charge in [-0.05, 0) is 30.5 Å². The fourth-order valence-corrected chi connectivity index (χ4v) is 3.11. The molecule has 1 aromatic carbocycles. The molecule has 0 saturated carbocycles. The zero-order valence-corrected chi connectivity index (χ0v) is 14.0. The maximum Gasteiger partial charge on any atom is 0.230 e. The highest BCUT2D eigenvalue weighted by Crippen LogP contribution is 2.23. The molecule has 3 N–H and O–H groups in total. The molecule has 2 aromatic rings. The maximum absolute atomic E-state index is 12.2. The Kier molecular flexibility index (Phi) is 6.10. The fraction of sp³-hybridized carbons (Fsp3) is 0.412. The fourth-order valence-electron chi connectivity index (χ4n) is 2.27. The van der Waals surface area contributed by atoms with Gasteiger partial charge in [-0.3, -0.25) is 4.79 Å². The van der Waals surface area contributed by atoms with Crippen LogP contribution in [0.5, 0.6) is 0 Å². The molecule has 0 aliphatic rings. The van der Waals surface area contributed by atoms with Gasteiger partial charge in [0, 0.05) is 17.5 Å². The molecule has 2 rings (SSSR count). The smallest absolute Gasteiger partial charge is 0.230 e. The van der Waals surface area contributed by atoms with E-state index in [-0.39, 0.29) is 5.91 Å². The average molecular weight is 317 g/mol. The number of carbonyl (C=O) groups excluding carboxylic acids is 1. The lowest BCUT2D eigenvalue weighted by atomic mass is 10.0. The van der Waals surface area contributed by atoms with Crippen molar-refractivity contribution in [2.45, 2.75) is 39.0 Å². The quantitative estimate of drug-likeness (QED) is 0.823. The molecule has 1 amide bonds. The molecule has 1 heterocycles. The van der Waals surface area contributed by atoms with E-state index in [1.54, 1.807) is 11.3 Å². The van der Waals surface area contributed by atoms with E-state index in [1.807, 2.05) is 29.6 Å². The van der Waals surface area contributed by atoms with Gasteiger partial charge in [-0.15, -0.1) is 11.3 Å². The molecule has 0 aliphatic heterocycles. The minimum absolute atomic E-state index is 0.0243. The summed E-state index contributed by atoms with van der Waals surface area (Å²) in [6.45, 7) is 4.91. The number of para-hydroxylation sites is 1. The highest BCUT2D eigenvalue weighted by molar-refractivity contribution is 7.09. The van der Waals surface area contributed by atoms with Gasteiger partial charge in [-0.25, -0.2) is 4.98 Å². The van der Waals surface area contributed by atoms with E-state index in [0.717, 1.165) is 34.8 Å². The van der Waals surface area contributed by atoms with Crippen molar-refractivity contribution in [3.05, 3.63) is 45.9 Å². The largest absolute Gasteiger partial charge is 0.330 e. The van der Waals surface area contributed by atoms with Crippen LogP contribution >= 0.6 is 11.3 Å². The summed E-state index contributed by atoms with van der Waals surface area (Å²) in [7, 11) is 0. The van der Waals surface area contributed by atoms with Crippen LogP contribution in [0.25, 0.3) is 0 Å². The molecular weight excluding hydrogens is 294 g/mol. The standard InChI is InChI=1S/C17H23N3OS/c1-12(2)14-6-3-4-7-15(14)20-16(21)10-13-11-22-17(19-13)8-5-9-18/h3-4,6-7,11-12H,5,8-10,18H2,1-2H3,(H,20,21). The maximum atomic E-state index is 12.2. The van der Waals surface area contributed by atoms with Gasteiger partial charge in [-0.1, -0.05) is 32.0 Å². The van der Waals surface area contributed by atoms with E-state index in [4.69, 9.17) is 5.73 Å². The molecule has 118 valence electrons. The molecular formula is C17H23N3OS. The van der Waals surface area contributed by atoms with Crippen molar-refractivity contribution in [2.24, 2.45) is 5.73 Å². The molecule has 0 aliphatic carbocycles. The van der Waals surface area contributed by atoms with Gasteiger partial charge in [0.1, 0.15) is 0 Å². The molecule has 5 heteroatoms. The third-order valence-corrected chi connectivity index (χ3v) is 4.35. The van der Waals surface area contributed by atoms with Crippen molar-refractivity contribution in [1.82, 2.24) is 4.98 Å². The van der Waals surface area contributed by atoms with Gasteiger partial charge in [0.2, 0.25) is 5.91 Å². The molecule has 1 aromatic heterocycles. The van der Waals surface area contributed by atoms with Gasteiger partial charge in [-0.2, -0.15) is 0 Å². The second kappa shape index (κ2) is 8.06. The number of carbonyl (C=O) groups is 1. The lowest BCUT2D eigenvalue weighted by Crippen LogP contribution is -2.16. The number of aromatic nitrogens is 1. The van der Waals surface area contributed by atoms with Crippen LogP contribution in [0.3, 0.4) is 0 Å². The lowest BCUT2D eigenvalue weighted by molar-refractivity contribution is -0.115. The number of hydrogen-bond acceptors (Lipinski definition) is 4. The first-order chi connectivity index (χ1) is 10.6. The molecule has 0 bridgehead atoms. The van der Waals surface area contributed by atoms with Crippen LogP contribution in [-0.4, -0.2) is 17.4 Å². The minimum atomic E-state index is -0.0243. The van der Waals surface area contributed by atoms with Crippen LogP contribution in [0.4, 0.5) is 5.69 Å². The first-order valence-corrected chi connectivity index (χ1v) is 8.50. The van der Waals surface area contributed by atoms with Crippen molar-refractivity contribution in [3.63, 3.8) is 0 Å². The highest BCUT2D eigenvalue weighted by atomic mass is 32.1. The molecule has 0 atom stereocenters.